The van der Waals surface area contributed by atoms with E-state index < -0.39 is 0 Å². The molecule has 0 bridgehead atoms. The molecule has 0 spiro atoms. The maximum Gasteiger partial charge on any atom is 0.271 e. The number of fused-ring (bicyclic) bond motifs is 1. The van der Waals surface area contributed by atoms with Gasteiger partial charge in [0.2, 0.25) is 0 Å². The molecule has 0 fully saturated rings. The Kier molecular flexibility index (Phi) is 5.53. The first kappa shape index (κ1) is 17.9. The molecule has 0 unspecified atom stereocenters. The lowest BCUT2D eigenvalue weighted by atomic mass is 10.0. The summed E-state index contributed by atoms with van der Waals surface area (Å²) in [6, 6.07) is 16.9. The van der Waals surface area contributed by atoms with Crippen LogP contribution >= 0.6 is 15.9 Å². The highest BCUT2D eigenvalue weighted by molar-refractivity contribution is 9.10. The van der Waals surface area contributed by atoms with E-state index in [2.05, 4.69) is 26.5 Å². The van der Waals surface area contributed by atoms with Crippen LogP contribution in [-0.4, -0.2) is 26.3 Å². The third-order valence-corrected chi connectivity index (χ3v) is 4.54. The monoisotopic (exact) mass is 412 g/mol. The highest BCUT2D eigenvalue weighted by Crippen LogP contribution is 2.27. The zero-order chi connectivity index (χ0) is 18.5. The molecule has 0 radical (unpaired) electrons. The second-order valence-corrected chi connectivity index (χ2v) is 6.31. The van der Waals surface area contributed by atoms with Crippen LogP contribution < -0.4 is 14.9 Å². The molecule has 5 nitrogen and oxygen atoms in total. The SMILES string of the molecule is COc1ccc(C(=O)NN=Cc2c(OC)ccc3ccccc23)cc1Br. The van der Waals surface area contributed by atoms with Crippen LogP contribution in [0.5, 0.6) is 11.5 Å². The largest absolute Gasteiger partial charge is 0.496 e. The van der Waals surface area contributed by atoms with E-state index in [1.54, 1.807) is 38.6 Å². The Morgan fingerprint density at radius 3 is 2.50 bits per heavy atom. The fraction of sp³-hybridized carbons (Fsp3) is 0.100. The van der Waals surface area contributed by atoms with Gasteiger partial charge in [-0.15, -0.1) is 0 Å². The molecule has 0 aliphatic heterocycles. The highest BCUT2D eigenvalue weighted by Gasteiger charge is 2.09. The Hall–Kier alpha value is -2.86. The van der Waals surface area contributed by atoms with Crippen LogP contribution in [0.15, 0.2) is 64.2 Å². The lowest BCUT2D eigenvalue weighted by Gasteiger charge is -2.08. The Balaban J connectivity index is 1.83. The summed E-state index contributed by atoms with van der Waals surface area (Å²) in [6.07, 6.45) is 1.59. The van der Waals surface area contributed by atoms with Crippen molar-refractivity contribution in [2.45, 2.75) is 0 Å². The van der Waals surface area contributed by atoms with Gasteiger partial charge in [0.1, 0.15) is 11.5 Å². The summed E-state index contributed by atoms with van der Waals surface area (Å²) in [5.74, 6) is 1.03. The molecule has 132 valence electrons. The van der Waals surface area contributed by atoms with Gasteiger partial charge in [-0.2, -0.15) is 5.10 Å². The van der Waals surface area contributed by atoms with Crippen LogP contribution in [0.3, 0.4) is 0 Å². The zero-order valence-corrected chi connectivity index (χ0v) is 15.9. The summed E-state index contributed by atoms with van der Waals surface area (Å²) in [4.78, 5) is 12.3. The van der Waals surface area contributed by atoms with Gasteiger partial charge in [0, 0.05) is 11.1 Å². The molecule has 0 heterocycles. The molecule has 0 aliphatic carbocycles. The zero-order valence-electron chi connectivity index (χ0n) is 14.3. The Morgan fingerprint density at radius 2 is 1.77 bits per heavy atom. The van der Waals surface area contributed by atoms with Gasteiger partial charge >= 0.3 is 0 Å². The van der Waals surface area contributed by atoms with E-state index in [1.807, 2.05) is 36.4 Å². The standard InChI is InChI=1S/C20H17BrN2O3/c1-25-18-9-7-13-5-3-4-6-15(13)16(18)12-22-23-20(24)14-8-10-19(26-2)17(21)11-14/h3-12H,1-2H3,(H,23,24). The van der Waals surface area contributed by atoms with Crippen LogP contribution in [0.25, 0.3) is 10.8 Å². The highest BCUT2D eigenvalue weighted by atomic mass is 79.9. The van der Waals surface area contributed by atoms with Crippen molar-refractivity contribution in [2.24, 2.45) is 5.10 Å². The molecule has 0 aliphatic rings. The van der Waals surface area contributed by atoms with Crippen molar-refractivity contribution in [3.05, 3.63) is 70.2 Å². The topological polar surface area (TPSA) is 59.9 Å². The summed E-state index contributed by atoms with van der Waals surface area (Å²) >= 11 is 3.37. The van der Waals surface area contributed by atoms with Crippen molar-refractivity contribution < 1.29 is 14.3 Å². The number of hydrazone groups is 1. The van der Waals surface area contributed by atoms with Crippen molar-refractivity contribution in [1.29, 1.82) is 0 Å². The second kappa shape index (κ2) is 8.01. The smallest absolute Gasteiger partial charge is 0.271 e. The maximum absolute atomic E-state index is 12.3. The summed E-state index contributed by atoms with van der Waals surface area (Å²) in [6.45, 7) is 0. The Labute approximate surface area is 159 Å². The molecule has 26 heavy (non-hydrogen) atoms. The number of benzene rings is 3. The fourth-order valence-corrected chi connectivity index (χ4v) is 3.16. The van der Waals surface area contributed by atoms with Crippen LogP contribution in [0.2, 0.25) is 0 Å². The quantitative estimate of drug-likeness (QED) is 0.499. The lowest BCUT2D eigenvalue weighted by molar-refractivity contribution is 0.0955. The Morgan fingerprint density at radius 1 is 1.04 bits per heavy atom. The fourth-order valence-electron chi connectivity index (χ4n) is 2.61. The third-order valence-electron chi connectivity index (χ3n) is 3.92. The summed E-state index contributed by atoms with van der Waals surface area (Å²) in [5, 5.41) is 6.16. The van der Waals surface area contributed by atoms with Crippen LogP contribution in [0.1, 0.15) is 15.9 Å². The van der Waals surface area contributed by atoms with E-state index in [4.69, 9.17) is 9.47 Å². The van der Waals surface area contributed by atoms with E-state index in [-0.39, 0.29) is 5.91 Å². The predicted octanol–water partition coefficient (Wildman–Crippen LogP) is 4.38. The minimum atomic E-state index is -0.316. The lowest BCUT2D eigenvalue weighted by Crippen LogP contribution is -2.17. The minimum Gasteiger partial charge on any atom is -0.496 e. The number of hydrogen-bond donors (Lipinski definition) is 1. The number of nitrogens with zero attached hydrogens (tertiary/aromatic N) is 1. The van der Waals surface area contributed by atoms with Gasteiger partial charge in [-0.05, 0) is 51.0 Å². The summed E-state index contributed by atoms with van der Waals surface area (Å²) in [7, 11) is 3.18. The molecule has 0 saturated heterocycles. The number of nitrogens with one attached hydrogen (secondary N) is 1. The normalized spacial score (nSPS) is 10.9. The first-order valence-corrected chi connectivity index (χ1v) is 8.66. The van der Waals surface area contributed by atoms with E-state index >= 15 is 0 Å². The molecule has 3 rings (SSSR count). The summed E-state index contributed by atoms with van der Waals surface area (Å²) < 4.78 is 11.3. The number of methoxy groups -OCH3 is 2. The van der Waals surface area contributed by atoms with Crippen molar-refractivity contribution in [3.8, 4) is 11.5 Å². The molecule has 0 aromatic heterocycles. The first-order valence-electron chi connectivity index (χ1n) is 7.86. The number of carbonyl (C=O) groups excluding carboxylic acids is 1. The van der Waals surface area contributed by atoms with Crippen molar-refractivity contribution >= 4 is 38.8 Å². The van der Waals surface area contributed by atoms with Crippen LogP contribution in [-0.2, 0) is 0 Å². The van der Waals surface area contributed by atoms with Gasteiger partial charge < -0.3 is 9.47 Å². The molecule has 1 N–H and O–H groups in total. The molecular formula is C20H17BrN2O3. The third kappa shape index (κ3) is 3.70. The van der Waals surface area contributed by atoms with Gasteiger partial charge in [0.05, 0.1) is 24.9 Å². The number of ether oxygens (including phenoxy) is 2. The molecule has 0 atom stereocenters. The molecular weight excluding hydrogens is 396 g/mol. The molecule has 1 amide bonds. The van der Waals surface area contributed by atoms with Crippen LogP contribution in [0.4, 0.5) is 0 Å². The Bertz CT molecular complexity index is 986. The number of halogens is 1. The van der Waals surface area contributed by atoms with Gasteiger partial charge in [-0.25, -0.2) is 5.43 Å². The number of carbonyl (C=O) groups is 1. The van der Waals surface area contributed by atoms with Gasteiger partial charge in [-0.3, -0.25) is 4.79 Å². The van der Waals surface area contributed by atoms with E-state index in [1.165, 1.54) is 0 Å². The number of hydrogen-bond acceptors (Lipinski definition) is 4. The summed E-state index contributed by atoms with van der Waals surface area (Å²) in [5.41, 5.74) is 3.82. The van der Waals surface area contributed by atoms with Crippen LogP contribution in [0, 0.1) is 0 Å². The van der Waals surface area contributed by atoms with E-state index in [9.17, 15) is 4.79 Å². The average molecular weight is 413 g/mol. The van der Waals surface area contributed by atoms with Crippen molar-refractivity contribution in [1.82, 2.24) is 5.43 Å². The van der Waals surface area contributed by atoms with E-state index in [0.717, 1.165) is 16.3 Å². The van der Waals surface area contributed by atoms with E-state index in [0.29, 0.717) is 21.5 Å². The van der Waals surface area contributed by atoms with Gasteiger partial charge in [-0.1, -0.05) is 30.3 Å². The maximum atomic E-state index is 12.3. The van der Waals surface area contributed by atoms with Crippen molar-refractivity contribution in [2.75, 3.05) is 14.2 Å². The minimum absolute atomic E-state index is 0.316. The predicted molar refractivity (Wildman–Crippen MR) is 106 cm³/mol. The molecule has 3 aromatic rings. The molecule has 3 aromatic carbocycles. The first-order chi connectivity index (χ1) is 12.6. The molecule has 0 saturated carbocycles. The number of rotatable bonds is 5. The second-order valence-electron chi connectivity index (χ2n) is 5.45. The number of amides is 1. The van der Waals surface area contributed by atoms with Crippen molar-refractivity contribution in [3.63, 3.8) is 0 Å². The molecule has 6 heteroatoms. The average Bonchev–Trinajstić information content (AvgIpc) is 2.67. The van der Waals surface area contributed by atoms with Gasteiger partial charge in [0.15, 0.2) is 0 Å². The van der Waals surface area contributed by atoms with Gasteiger partial charge in [0.25, 0.3) is 5.91 Å².